The number of hydrogen-bond donors (Lipinski definition) is 1. The minimum absolute atomic E-state index is 0.181. The lowest BCUT2D eigenvalue weighted by atomic mass is 10.1. The average molecular weight is 233 g/mol. The molecule has 0 aromatic carbocycles. The first kappa shape index (κ1) is 12.0. The number of carbonyl (C=O) groups excluding carboxylic acids is 1. The summed E-state index contributed by atoms with van der Waals surface area (Å²) in [5.74, 6) is 0.181. The minimum Gasteiger partial charge on any atom is -0.337 e. The molecule has 1 aliphatic rings. The van der Waals surface area contributed by atoms with Crippen LogP contribution in [0.2, 0.25) is 0 Å². The minimum atomic E-state index is 0.181. The fourth-order valence-corrected chi connectivity index (χ4v) is 2.16. The smallest absolute Gasteiger partial charge is 0.228 e. The molecule has 0 unspecified atom stereocenters. The maximum absolute atomic E-state index is 12.2. The summed E-state index contributed by atoms with van der Waals surface area (Å²) in [6.07, 6.45) is 2.16. The maximum atomic E-state index is 12.2. The highest BCUT2D eigenvalue weighted by Crippen LogP contribution is 2.09. The van der Waals surface area contributed by atoms with Crippen LogP contribution in [-0.4, -0.2) is 41.5 Å². The predicted molar refractivity (Wildman–Crippen MR) is 66.7 cm³/mol. The van der Waals surface area contributed by atoms with Gasteiger partial charge in [0.1, 0.15) is 0 Å². The number of nitrogens with one attached hydrogen (secondary N) is 1. The van der Waals surface area contributed by atoms with Gasteiger partial charge < -0.3 is 10.2 Å². The Morgan fingerprint density at radius 1 is 1.65 bits per heavy atom. The normalized spacial score (nSPS) is 20.4. The Morgan fingerprint density at radius 3 is 3.18 bits per heavy atom. The quantitative estimate of drug-likeness (QED) is 0.820. The van der Waals surface area contributed by atoms with Crippen LogP contribution in [0.4, 0.5) is 0 Å². The van der Waals surface area contributed by atoms with E-state index in [1.165, 1.54) is 0 Å². The summed E-state index contributed by atoms with van der Waals surface area (Å²) < 4.78 is 0. The first-order valence-corrected chi connectivity index (χ1v) is 6.09. The Morgan fingerprint density at radius 2 is 2.47 bits per heavy atom. The molecule has 1 aromatic heterocycles. The molecule has 1 atom stereocenters. The zero-order valence-corrected chi connectivity index (χ0v) is 10.4. The summed E-state index contributed by atoms with van der Waals surface area (Å²) in [5, 5.41) is 3.29. The van der Waals surface area contributed by atoms with Crippen molar-refractivity contribution in [2.24, 2.45) is 0 Å². The molecule has 0 radical (unpaired) electrons. The van der Waals surface area contributed by atoms with Crippen LogP contribution in [0.15, 0.2) is 18.3 Å². The molecule has 1 fully saturated rings. The third kappa shape index (κ3) is 2.82. The van der Waals surface area contributed by atoms with E-state index in [4.69, 9.17) is 0 Å². The molecule has 1 N–H and O–H groups in total. The van der Waals surface area contributed by atoms with Crippen molar-refractivity contribution in [2.45, 2.75) is 26.3 Å². The number of carbonyl (C=O) groups is 1. The van der Waals surface area contributed by atoms with Gasteiger partial charge in [-0.05, 0) is 25.5 Å². The molecular formula is C13H19N3O. The monoisotopic (exact) mass is 233 g/mol. The van der Waals surface area contributed by atoms with Crippen LogP contribution < -0.4 is 5.32 Å². The Kier molecular flexibility index (Phi) is 3.74. The van der Waals surface area contributed by atoms with Gasteiger partial charge in [-0.1, -0.05) is 6.07 Å². The number of piperazine rings is 1. The fraction of sp³-hybridized carbons (Fsp3) is 0.538. The number of hydrogen-bond acceptors (Lipinski definition) is 3. The third-order valence-corrected chi connectivity index (χ3v) is 3.26. The summed E-state index contributed by atoms with van der Waals surface area (Å²) >= 11 is 0. The Labute approximate surface area is 102 Å². The molecule has 1 saturated heterocycles. The number of nitrogens with zero attached hydrogens (tertiary/aromatic N) is 2. The SMILES string of the molecule is Cc1cccnc1CC(=O)N1CCNC[C@H]1C. The van der Waals surface area contributed by atoms with Gasteiger partial charge in [0.15, 0.2) is 0 Å². The van der Waals surface area contributed by atoms with E-state index in [-0.39, 0.29) is 11.9 Å². The zero-order chi connectivity index (χ0) is 12.3. The molecule has 2 rings (SSSR count). The number of rotatable bonds is 2. The first-order valence-electron chi connectivity index (χ1n) is 6.09. The van der Waals surface area contributed by atoms with Crippen molar-refractivity contribution in [3.8, 4) is 0 Å². The van der Waals surface area contributed by atoms with E-state index in [9.17, 15) is 4.79 Å². The molecule has 4 heteroatoms. The molecule has 0 saturated carbocycles. The van der Waals surface area contributed by atoms with E-state index in [0.717, 1.165) is 30.9 Å². The Balaban J connectivity index is 2.03. The second-order valence-electron chi connectivity index (χ2n) is 4.58. The van der Waals surface area contributed by atoms with Crippen LogP contribution in [0.25, 0.3) is 0 Å². The van der Waals surface area contributed by atoms with Gasteiger partial charge >= 0.3 is 0 Å². The van der Waals surface area contributed by atoms with Gasteiger partial charge in [0, 0.05) is 31.9 Å². The highest BCUT2D eigenvalue weighted by atomic mass is 16.2. The molecule has 0 spiro atoms. The number of pyridine rings is 1. The van der Waals surface area contributed by atoms with Crippen LogP contribution >= 0.6 is 0 Å². The zero-order valence-electron chi connectivity index (χ0n) is 10.4. The van der Waals surface area contributed by atoms with Gasteiger partial charge in [-0.2, -0.15) is 0 Å². The molecule has 0 bridgehead atoms. The largest absolute Gasteiger partial charge is 0.337 e. The topological polar surface area (TPSA) is 45.2 Å². The van der Waals surface area contributed by atoms with E-state index in [1.54, 1.807) is 6.20 Å². The van der Waals surface area contributed by atoms with Gasteiger partial charge in [0.2, 0.25) is 5.91 Å². The van der Waals surface area contributed by atoms with E-state index < -0.39 is 0 Å². The summed E-state index contributed by atoms with van der Waals surface area (Å²) in [4.78, 5) is 18.4. The Hall–Kier alpha value is -1.42. The van der Waals surface area contributed by atoms with Crippen molar-refractivity contribution >= 4 is 5.91 Å². The number of amides is 1. The average Bonchev–Trinajstić information content (AvgIpc) is 2.32. The van der Waals surface area contributed by atoms with E-state index in [2.05, 4.69) is 17.2 Å². The lowest BCUT2D eigenvalue weighted by molar-refractivity contribution is -0.133. The van der Waals surface area contributed by atoms with Crippen molar-refractivity contribution in [1.29, 1.82) is 0 Å². The van der Waals surface area contributed by atoms with E-state index >= 15 is 0 Å². The van der Waals surface area contributed by atoms with Crippen LogP contribution in [0.1, 0.15) is 18.2 Å². The van der Waals surface area contributed by atoms with Crippen molar-refractivity contribution < 1.29 is 4.79 Å². The van der Waals surface area contributed by atoms with Gasteiger partial charge in [-0.15, -0.1) is 0 Å². The van der Waals surface area contributed by atoms with E-state index in [1.807, 2.05) is 24.0 Å². The Bertz CT molecular complexity index is 405. The second-order valence-corrected chi connectivity index (χ2v) is 4.58. The molecule has 0 aliphatic carbocycles. The van der Waals surface area contributed by atoms with Crippen LogP contribution in [0, 0.1) is 6.92 Å². The molecule has 4 nitrogen and oxygen atoms in total. The van der Waals surface area contributed by atoms with Gasteiger partial charge in [-0.25, -0.2) is 0 Å². The summed E-state index contributed by atoms with van der Waals surface area (Å²) in [6, 6.07) is 4.17. The number of aromatic nitrogens is 1. The van der Waals surface area contributed by atoms with Crippen molar-refractivity contribution in [1.82, 2.24) is 15.2 Å². The summed E-state index contributed by atoms with van der Waals surface area (Å²) in [6.45, 7) is 6.64. The number of aryl methyl sites for hydroxylation is 1. The molecule has 92 valence electrons. The molecule has 1 aliphatic heterocycles. The van der Waals surface area contributed by atoms with Crippen molar-refractivity contribution in [2.75, 3.05) is 19.6 Å². The van der Waals surface area contributed by atoms with Gasteiger partial charge in [0.05, 0.1) is 12.1 Å². The lowest BCUT2D eigenvalue weighted by Gasteiger charge is -2.34. The maximum Gasteiger partial charge on any atom is 0.228 e. The highest BCUT2D eigenvalue weighted by Gasteiger charge is 2.23. The highest BCUT2D eigenvalue weighted by molar-refractivity contribution is 5.79. The lowest BCUT2D eigenvalue weighted by Crippen LogP contribution is -2.52. The summed E-state index contributed by atoms with van der Waals surface area (Å²) in [5.41, 5.74) is 1.98. The van der Waals surface area contributed by atoms with Gasteiger partial charge in [-0.3, -0.25) is 9.78 Å². The third-order valence-electron chi connectivity index (χ3n) is 3.26. The van der Waals surface area contributed by atoms with Crippen LogP contribution in [0.5, 0.6) is 0 Å². The molecule has 1 amide bonds. The summed E-state index contributed by atoms with van der Waals surface area (Å²) in [7, 11) is 0. The molecule has 1 aromatic rings. The van der Waals surface area contributed by atoms with Crippen LogP contribution in [0.3, 0.4) is 0 Å². The van der Waals surface area contributed by atoms with E-state index in [0.29, 0.717) is 6.42 Å². The van der Waals surface area contributed by atoms with Crippen molar-refractivity contribution in [3.05, 3.63) is 29.6 Å². The predicted octanol–water partition coefficient (Wildman–Crippen LogP) is 0.753. The molecule has 17 heavy (non-hydrogen) atoms. The molecular weight excluding hydrogens is 214 g/mol. The standard InChI is InChI=1S/C13H19N3O/c1-10-4-3-5-15-12(10)8-13(17)16-7-6-14-9-11(16)2/h3-5,11,14H,6-9H2,1-2H3/t11-/m1/s1. The first-order chi connectivity index (χ1) is 8.18. The second kappa shape index (κ2) is 5.27. The van der Waals surface area contributed by atoms with Crippen LogP contribution in [-0.2, 0) is 11.2 Å². The van der Waals surface area contributed by atoms with Gasteiger partial charge in [0.25, 0.3) is 0 Å². The fourth-order valence-electron chi connectivity index (χ4n) is 2.16. The molecule has 2 heterocycles. The van der Waals surface area contributed by atoms with Crippen molar-refractivity contribution in [3.63, 3.8) is 0 Å².